The van der Waals surface area contributed by atoms with Crippen LogP contribution in [0.3, 0.4) is 0 Å². The van der Waals surface area contributed by atoms with Gasteiger partial charge in [0.15, 0.2) is 0 Å². The van der Waals surface area contributed by atoms with Crippen molar-refractivity contribution in [2.45, 2.75) is 9.79 Å². The van der Waals surface area contributed by atoms with E-state index in [1.165, 1.54) is 81.1 Å². The molecular weight excluding hydrogens is 502 g/mol. The number of para-hydroxylation sites is 2. The summed E-state index contributed by atoms with van der Waals surface area (Å²) in [4.78, 5) is 2.67. The van der Waals surface area contributed by atoms with Crippen molar-refractivity contribution >= 4 is 55.1 Å². The third-order valence-electron chi connectivity index (χ3n) is 8.36. The van der Waals surface area contributed by atoms with E-state index in [0.717, 1.165) is 0 Å². The molecule has 7 aromatic carbocycles. The van der Waals surface area contributed by atoms with E-state index in [0.29, 0.717) is 0 Å². The molecule has 1 aromatic heterocycles. The first-order chi connectivity index (χ1) is 19.8. The van der Waals surface area contributed by atoms with Gasteiger partial charge in [-0.2, -0.15) is 0 Å². The summed E-state index contributed by atoms with van der Waals surface area (Å²) in [5, 5.41) is 7.77. The third kappa shape index (κ3) is 3.11. The molecule has 0 fully saturated rings. The predicted molar refractivity (Wildman–Crippen MR) is 171 cm³/mol. The van der Waals surface area contributed by atoms with Crippen LogP contribution in [0.1, 0.15) is 0 Å². The first-order valence-electron chi connectivity index (χ1n) is 13.7. The number of fused-ring (bicyclic) bond motifs is 6. The summed E-state index contributed by atoms with van der Waals surface area (Å²) in [6.45, 7) is 0. The van der Waals surface area contributed by atoms with Gasteiger partial charge in [-0.25, -0.2) is 0 Å². The molecule has 0 unspecified atom stereocenters. The van der Waals surface area contributed by atoms with E-state index in [1.54, 1.807) is 0 Å². The van der Waals surface area contributed by atoms with Gasteiger partial charge in [-0.15, -0.1) is 0 Å². The smallest absolute Gasteiger partial charge is 0.0547 e. The van der Waals surface area contributed by atoms with Crippen molar-refractivity contribution in [3.63, 3.8) is 0 Å². The molecule has 0 saturated carbocycles. The fraction of sp³-hybridized carbons (Fsp3) is 0. The average Bonchev–Trinajstić information content (AvgIpc) is 3.33. The van der Waals surface area contributed by atoms with Crippen LogP contribution in [0, 0.1) is 0 Å². The maximum Gasteiger partial charge on any atom is 0.0547 e. The van der Waals surface area contributed by atoms with Crippen LogP contribution in [0.15, 0.2) is 149 Å². The van der Waals surface area contributed by atoms with E-state index in [2.05, 4.69) is 144 Å². The predicted octanol–water partition coefficient (Wildman–Crippen LogP) is 10.9. The Bertz CT molecular complexity index is 2290. The van der Waals surface area contributed by atoms with Crippen molar-refractivity contribution in [2.24, 2.45) is 0 Å². The fourth-order valence-electron chi connectivity index (χ4n) is 6.57. The quantitative estimate of drug-likeness (QED) is 0.217. The summed E-state index contributed by atoms with van der Waals surface area (Å²) < 4.78 is 2.39. The van der Waals surface area contributed by atoms with Gasteiger partial charge in [0, 0.05) is 31.6 Å². The summed E-state index contributed by atoms with van der Waals surface area (Å²) in [5.41, 5.74) is 8.87. The molecule has 1 aliphatic rings. The van der Waals surface area contributed by atoms with Crippen molar-refractivity contribution in [1.82, 2.24) is 4.57 Å². The first kappa shape index (κ1) is 22.1. The Morgan fingerprint density at radius 3 is 2.17 bits per heavy atom. The normalized spacial score (nSPS) is 12.4. The van der Waals surface area contributed by atoms with Crippen molar-refractivity contribution < 1.29 is 0 Å². The SMILES string of the molecule is c1ccc(-n2c3ccccc3c3cc4cc(-c5ccc6c7c(cccc57)-c5ccccc5S6)ccc4cc32)cc1. The van der Waals surface area contributed by atoms with Gasteiger partial charge in [0.25, 0.3) is 0 Å². The van der Waals surface area contributed by atoms with Crippen LogP contribution < -0.4 is 0 Å². The van der Waals surface area contributed by atoms with E-state index in [4.69, 9.17) is 0 Å². The molecule has 0 atom stereocenters. The number of rotatable bonds is 2. The van der Waals surface area contributed by atoms with Gasteiger partial charge in [-0.1, -0.05) is 103 Å². The highest BCUT2D eigenvalue weighted by molar-refractivity contribution is 7.99. The molecule has 0 saturated heterocycles. The lowest BCUT2D eigenvalue weighted by Crippen LogP contribution is -1.94. The minimum Gasteiger partial charge on any atom is -0.309 e. The molecule has 0 aliphatic carbocycles. The van der Waals surface area contributed by atoms with E-state index < -0.39 is 0 Å². The zero-order valence-corrected chi connectivity index (χ0v) is 22.5. The number of hydrogen-bond donors (Lipinski definition) is 0. The molecule has 0 spiro atoms. The lowest BCUT2D eigenvalue weighted by atomic mass is 9.91. The Hall–Kier alpha value is -4.79. The van der Waals surface area contributed by atoms with Crippen molar-refractivity contribution in [2.75, 3.05) is 0 Å². The zero-order valence-electron chi connectivity index (χ0n) is 21.6. The molecule has 0 bridgehead atoms. The first-order valence-corrected chi connectivity index (χ1v) is 14.5. The number of aromatic nitrogens is 1. The molecule has 186 valence electrons. The van der Waals surface area contributed by atoms with Gasteiger partial charge in [0.2, 0.25) is 0 Å². The van der Waals surface area contributed by atoms with Gasteiger partial charge < -0.3 is 4.57 Å². The lowest BCUT2D eigenvalue weighted by molar-refractivity contribution is 1.18. The van der Waals surface area contributed by atoms with Crippen molar-refractivity contribution in [1.29, 1.82) is 0 Å². The van der Waals surface area contributed by atoms with Crippen LogP contribution in [-0.4, -0.2) is 4.57 Å². The summed E-state index contributed by atoms with van der Waals surface area (Å²) in [5.74, 6) is 0. The monoisotopic (exact) mass is 525 g/mol. The molecule has 1 aliphatic heterocycles. The van der Waals surface area contributed by atoms with Crippen LogP contribution in [0.2, 0.25) is 0 Å². The third-order valence-corrected chi connectivity index (χ3v) is 9.49. The van der Waals surface area contributed by atoms with E-state index in [9.17, 15) is 0 Å². The molecule has 1 nitrogen and oxygen atoms in total. The van der Waals surface area contributed by atoms with Gasteiger partial charge in [-0.05, 0) is 86.9 Å². The van der Waals surface area contributed by atoms with Crippen molar-refractivity contribution in [3.8, 4) is 27.9 Å². The molecule has 40 heavy (non-hydrogen) atoms. The lowest BCUT2D eigenvalue weighted by Gasteiger charge is -2.21. The van der Waals surface area contributed by atoms with Gasteiger partial charge in [-0.3, -0.25) is 0 Å². The van der Waals surface area contributed by atoms with Crippen LogP contribution in [0.5, 0.6) is 0 Å². The Balaban J connectivity index is 1.28. The molecular formula is C38H23NS. The minimum atomic E-state index is 1.19. The Labute approximate surface area is 236 Å². The highest BCUT2D eigenvalue weighted by Crippen LogP contribution is 2.49. The maximum absolute atomic E-state index is 2.39. The molecule has 9 rings (SSSR count). The highest BCUT2D eigenvalue weighted by Gasteiger charge is 2.20. The number of hydrogen-bond acceptors (Lipinski definition) is 1. The zero-order chi connectivity index (χ0) is 26.2. The summed E-state index contributed by atoms with van der Waals surface area (Å²) >= 11 is 1.88. The van der Waals surface area contributed by atoms with E-state index in [-0.39, 0.29) is 0 Å². The van der Waals surface area contributed by atoms with Crippen LogP contribution >= 0.6 is 11.8 Å². The molecule has 2 heteroatoms. The van der Waals surface area contributed by atoms with Crippen molar-refractivity contribution in [3.05, 3.63) is 140 Å². The second-order valence-electron chi connectivity index (χ2n) is 10.6. The maximum atomic E-state index is 2.39. The van der Waals surface area contributed by atoms with Crippen LogP contribution in [-0.2, 0) is 0 Å². The molecule has 2 heterocycles. The minimum absolute atomic E-state index is 1.19. The summed E-state index contributed by atoms with van der Waals surface area (Å²) in [6, 6.07) is 51.2. The largest absolute Gasteiger partial charge is 0.309 e. The Morgan fingerprint density at radius 1 is 0.425 bits per heavy atom. The van der Waals surface area contributed by atoms with E-state index >= 15 is 0 Å². The standard InChI is InChI=1S/C38H23NS/c1-2-9-27(10-3-1)39-34-15-6-4-11-29(34)33-22-26-21-25(18-17-24(26)23-35(33)39)28-19-20-37-38-31(28)13-8-14-32(38)30-12-5-7-16-36(30)40-37/h1-23H. The fourth-order valence-corrected chi connectivity index (χ4v) is 7.70. The second kappa shape index (κ2) is 8.35. The Morgan fingerprint density at radius 2 is 1.23 bits per heavy atom. The van der Waals surface area contributed by atoms with Crippen LogP contribution in [0.25, 0.3) is 71.3 Å². The van der Waals surface area contributed by atoms with Gasteiger partial charge in [0.05, 0.1) is 11.0 Å². The second-order valence-corrected chi connectivity index (χ2v) is 11.6. The molecule has 8 aromatic rings. The highest BCUT2D eigenvalue weighted by atomic mass is 32.2. The molecule has 0 N–H and O–H groups in total. The summed E-state index contributed by atoms with van der Waals surface area (Å²) in [6.07, 6.45) is 0. The van der Waals surface area contributed by atoms with Gasteiger partial charge in [0.1, 0.15) is 0 Å². The molecule has 0 amide bonds. The topological polar surface area (TPSA) is 4.93 Å². The van der Waals surface area contributed by atoms with Gasteiger partial charge >= 0.3 is 0 Å². The number of benzene rings is 7. The average molecular weight is 526 g/mol. The summed E-state index contributed by atoms with van der Waals surface area (Å²) in [7, 11) is 0. The molecule has 0 radical (unpaired) electrons. The van der Waals surface area contributed by atoms with Crippen LogP contribution in [0.4, 0.5) is 0 Å². The Kier molecular flexibility index (Phi) is 4.61. The number of nitrogens with zero attached hydrogens (tertiary/aromatic N) is 1. The van der Waals surface area contributed by atoms with E-state index in [1.807, 2.05) is 11.8 Å².